The third-order valence-electron chi connectivity index (χ3n) is 5.21. The molecule has 12 heteroatoms. The van der Waals surface area contributed by atoms with Gasteiger partial charge in [0.25, 0.3) is 11.8 Å². The molecule has 0 radical (unpaired) electrons. The highest BCUT2D eigenvalue weighted by molar-refractivity contribution is 6.53. The lowest BCUT2D eigenvalue weighted by atomic mass is 10.1. The molecule has 1 saturated carbocycles. The highest BCUT2D eigenvalue weighted by Gasteiger charge is 2.64. The SMILES string of the molecule is CCOCC(=O)Nc1c(F)ccc(NC(=O)c2cc(NC(=O)C3C(C)C3(Cl)Cl)ccc2Cl)c1F. The van der Waals surface area contributed by atoms with E-state index in [0.29, 0.717) is 0 Å². The minimum absolute atomic E-state index is 0.0204. The van der Waals surface area contributed by atoms with Gasteiger partial charge in [-0.25, -0.2) is 8.78 Å². The third-order valence-corrected chi connectivity index (χ3v) is 6.70. The third kappa shape index (κ3) is 5.60. The van der Waals surface area contributed by atoms with Gasteiger partial charge in [-0.15, -0.1) is 23.2 Å². The van der Waals surface area contributed by atoms with Crippen molar-refractivity contribution >= 4 is 69.6 Å². The van der Waals surface area contributed by atoms with Crippen LogP contribution in [0, 0.1) is 23.5 Å². The van der Waals surface area contributed by atoms with Crippen LogP contribution in [0.3, 0.4) is 0 Å². The molecule has 3 N–H and O–H groups in total. The summed E-state index contributed by atoms with van der Waals surface area (Å²) in [6, 6.07) is 6.01. The molecule has 1 fully saturated rings. The second kappa shape index (κ2) is 10.4. The first-order chi connectivity index (χ1) is 16.0. The van der Waals surface area contributed by atoms with Crippen LogP contribution in [-0.2, 0) is 14.3 Å². The number of amides is 3. The van der Waals surface area contributed by atoms with Crippen molar-refractivity contribution in [2.24, 2.45) is 11.8 Å². The van der Waals surface area contributed by atoms with Gasteiger partial charge in [0.05, 0.1) is 22.2 Å². The van der Waals surface area contributed by atoms with Crippen molar-refractivity contribution in [3.8, 4) is 0 Å². The number of rotatable bonds is 8. The molecular formula is C22H20Cl3F2N3O4. The Bertz CT molecular complexity index is 1150. The van der Waals surface area contributed by atoms with Crippen molar-refractivity contribution in [2.45, 2.75) is 18.2 Å². The molecule has 0 heterocycles. The summed E-state index contributed by atoms with van der Waals surface area (Å²) in [7, 11) is 0. The van der Waals surface area contributed by atoms with E-state index in [1.807, 2.05) is 0 Å². The fourth-order valence-corrected chi connectivity index (χ4v) is 4.11. The maximum atomic E-state index is 14.8. The zero-order chi connectivity index (χ0) is 25.2. The monoisotopic (exact) mass is 533 g/mol. The molecule has 0 bridgehead atoms. The van der Waals surface area contributed by atoms with Crippen molar-refractivity contribution in [1.82, 2.24) is 0 Å². The lowest BCUT2D eigenvalue weighted by molar-refractivity contribution is -0.120. The number of alkyl halides is 2. The number of anilines is 3. The second-order valence-corrected chi connectivity index (χ2v) is 9.40. The molecule has 7 nitrogen and oxygen atoms in total. The second-order valence-electron chi connectivity index (χ2n) is 7.55. The molecule has 0 saturated heterocycles. The van der Waals surface area contributed by atoms with Gasteiger partial charge in [-0.2, -0.15) is 0 Å². The standard InChI is InChI=1S/C22H20Cl3F2N3O4/c1-3-34-9-16(31)30-19-14(26)6-7-15(18(19)27)29-20(32)12-8-11(4-5-13(12)23)28-21(33)17-10(2)22(17,24)25/h4-8,10,17H,3,9H2,1-2H3,(H,28,33)(H,29,32)(H,30,31). The smallest absolute Gasteiger partial charge is 0.257 e. The number of ether oxygens (including phenoxy) is 1. The first-order valence-electron chi connectivity index (χ1n) is 10.1. The quantitative estimate of drug-likeness (QED) is 0.405. The molecule has 2 aromatic carbocycles. The lowest BCUT2D eigenvalue weighted by Crippen LogP contribution is -2.21. The Kier molecular flexibility index (Phi) is 8.02. The molecule has 182 valence electrons. The zero-order valence-electron chi connectivity index (χ0n) is 18.0. The number of carbonyl (C=O) groups is 3. The van der Waals surface area contributed by atoms with Gasteiger partial charge in [-0.3, -0.25) is 14.4 Å². The first-order valence-corrected chi connectivity index (χ1v) is 11.3. The number of benzene rings is 2. The van der Waals surface area contributed by atoms with E-state index in [4.69, 9.17) is 39.5 Å². The summed E-state index contributed by atoms with van der Waals surface area (Å²) in [6.45, 7) is 3.24. The van der Waals surface area contributed by atoms with E-state index in [1.54, 1.807) is 13.8 Å². The minimum atomic E-state index is -1.19. The molecular weight excluding hydrogens is 515 g/mol. The highest BCUT2D eigenvalue weighted by atomic mass is 35.5. The Hall–Kier alpha value is -2.46. The molecule has 0 aliphatic heterocycles. The Morgan fingerprint density at radius 1 is 1.09 bits per heavy atom. The van der Waals surface area contributed by atoms with E-state index >= 15 is 0 Å². The van der Waals surface area contributed by atoms with Gasteiger partial charge in [-0.1, -0.05) is 18.5 Å². The topological polar surface area (TPSA) is 96.5 Å². The van der Waals surface area contributed by atoms with Gasteiger partial charge in [0.1, 0.15) is 22.4 Å². The normalized spacial score (nSPS) is 18.2. The summed E-state index contributed by atoms with van der Waals surface area (Å²) in [5.41, 5.74) is -0.980. The van der Waals surface area contributed by atoms with E-state index in [0.717, 1.165) is 12.1 Å². The van der Waals surface area contributed by atoms with Gasteiger partial charge in [0, 0.05) is 18.2 Å². The summed E-state index contributed by atoms with van der Waals surface area (Å²) in [6.07, 6.45) is 0. The van der Waals surface area contributed by atoms with Crippen molar-refractivity contribution in [2.75, 3.05) is 29.2 Å². The van der Waals surface area contributed by atoms with E-state index in [1.165, 1.54) is 18.2 Å². The van der Waals surface area contributed by atoms with E-state index in [2.05, 4.69) is 16.0 Å². The van der Waals surface area contributed by atoms with Crippen LogP contribution in [0.25, 0.3) is 0 Å². The van der Waals surface area contributed by atoms with Crippen LogP contribution in [-0.4, -0.2) is 35.3 Å². The molecule has 3 amide bonds. The predicted molar refractivity (Wildman–Crippen MR) is 127 cm³/mol. The minimum Gasteiger partial charge on any atom is -0.372 e. The van der Waals surface area contributed by atoms with E-state index < -0.39 is 57.6 Å². The first kappa shape index (κ1) is 26.2. The highest BCUT2D eigenvalue weighted by Crippen LogP contribution is 2.59. The fourth-order valence-electron chi connectivity index (χ4n) is 3.20. The van der Waals surface area contributed by atoms with Crippen molar-refractivity contribution in [1.29, 1.82) is 0 Å². The molecule has 3 rings (SSSR count). The summed E-state index contributed by atoms with van der Waals surface area (Å²) in [4.78, 5) is 36.9. The van der Waals surface area contributed by atoms with Crippen LogP contribution < -0.4 is 16.0 Å². The molecule has 2 unspecified atom stereocenters. The van der Waals surface area contributed by atoms with Crippen LogP contribution in [0.1, 0.15) is 24.2 Å². The van der Waals surface area contributed by atoms with Crippen LogP contribution in [0.5, 0.6) is 0 Å². The Morgan fingerprint density at radius 3 is 2.38 bits per heavy atom. The van der Waals surface area contributed by atoms with E-state index in [-0.39, 0.29) is 28.8 Å². The van der Waals surface area contributed by atoms with Crippen molar-refractivity contribution in [3.63, 3.8) is 0 Å². The zero-order valence-corrected chi connectivity index (χ0v) is 20.2. The van der Waals surface area contributed by atoms with Crippen LogP contribution in [0.4, 0.5) is 25.8 Å². The fraction of sp³-hybridized carbons (Fsp3) is 0.318. The molecule has 1 aliphatic carbocycles. The summed E-state index contributed by atoms with van der Waals surface area (Å²) in [5, 5.41) is 6.99. The number of carbonyl (C=O) groups excluding carboxylic acids is 3. The maximum absolute atomic E-state index is 14.8. The summed E-state index contributed by atoms with van der Waals surface area (Å²) in [5.74, 6) is -5.11. The Balaban J connectivity index is 1.76. The summed E-state index contributed by atoms with van der Waals surface area (Å²) < 4.78 is 32.6. The predicted octanol–water partition coefficient (Wildman–Crippen LogP) is 5.22. The maximum Gasteiger partial charge on any atom is 0.257 e. The lowest BCUT2D eigenvalue weighted by Gasteiger charge is -2.13. The summed E-state index contributed by atoms with van der Waals surface area (Å²) >= 11 is 18.2. The van der Waals surface area contributed by atoms with Crippen LogP contribution in [0.2, 0.25) is 5.02 Å². The van der Waals surface area contributed by atoms with Gasteiger partial charge >= 0.3 is 0 Å². The van der Waals surface area contributed by atoms with Crippen molar-refractivity contribution < 1.29 is 27.9 Å². The molecule has 0 spiro atoms. The molecule has 34 heavy (non-hydrogen) atoms. The number of nitrogens with one attached hydrogen (secondary N) is 3. The molecule has 1 aliphatic rings. The van der Waals surface area contributed by atoms with E-state index in [9.17, 15) is 23.2 Å². The van der Waals surface area contributed by atoms with Gasteiger partial charge in [0.2, 0.25) is 5.91 Å². The largest absolute Gasteiger partial charge is 0.372 e. The number of hydrogen-bond donors (Lipinski definition) is 3. The number of hydrogen-bond acceptors (Lipinski definition) is 4. The molecule has 0 aromatic heterocycles. The van der Waals surface area contributed by atoms with Gasteiger partial charge in [-0.05, 0) is 37.3 Å². The Morgan fingerprint density at radius 2 is 1.76 bits per heavy atom. The van der Waals surface area contributed by atoms with Crippen LogP contribution >= 0.6 is 34.8 Å². The molecule has 2 atom stereocenters. The average molecular weight is 535 g/mol. The molecule has 2 aromatic rings. The van der Waals surface area contributed by atoms with Crippen LogP contribution in [0.15, 0.2) is 30.3 Å². The Labute approximate surface area is 209 Å². The van der Waals surface area contributed by atoms with Gasteiger partial charge < -0.3 is 20.7 Å². The van der Waals surface area contributed by atoms with Crippen molar-refractivity contribution in [3.05, 3.63) is 52.6 Å². The average Bonchev–Trinajstić information content (AvgIpc) is 3.29. The van der Waals surface area contributed by atoms with Gasteiger partial charge in [0.15, 0.2) is 5.82 Å². The number of halogens is 5.